The topological polar surface area (TPSA) is 104 Å². The van der Waals surface area contributed by atoms with Crippen LogP contribution in [0.25, 0.3) is 0 Å². The summed E-state index contributed by atoms with van der Waals surface area (Å²) in [4.78, 5) is 24.6. The van der Waals surface area contributed by atoms with Gasteiger partial charge in [-0.05, 0) is 5.21 Å². The largest absolute Gasteiger partial charge is 0.333 e. The SMILES string of the molecule is O=C(C(=O)N1CCNCC1)c1nn[nH]n1. The number of ketones is 1. The van der Waals surface area contributed by atoms with Gasteiger partial charge in [-0.1, -0.05) is 0 Å². The fourth-order valence-corrected chi connectivity index (χ4v) is 1.37. The van der Waals surface area contributed by atoms with Gasteiger partial charge in [0.25, 0.3) is 11.7 Å². The Labute approximate surface area is 85.0 Å². The third kappa shape index (κ3) is 1.99. The predicted molar refractivity (Wildman–Crippen MR) is 48.0 cm³/mol. The zero-order valence-electron chi connectivity index (χ0n) is 7.93. The van der Waals surface area contributed by atoms with Crippen molar-refractivity contribution in [2.45, 2.75) is 0 Å². The summed E-state index contributed by atoms with van der Waals surface area (Å²) in [6, 6.07) is 0. The zero-order valence-corrected chi connectivity index (χ0v) is 7.93. The number of aromatic amines is 1. The third-order valence-corrected chi connectivity index (χ3v) is 2.15. The van der Waals surface area contributed by atoms with Crippen molar-refractivity contribution in [3.8, 4) is 0 Å². The molecule has 1 aromatic heterocycles. The van der Waals surface area contributed by atoms with Crippen LogP contribution in [-0.4, -0.2) is 63.4 Å². The van der Waals surface area contributed by atoms with E-state index in [0.29, 0.717) is 26.2 Å². The Morgan fingerprint density at radius 1 is 1.27 bits per heavy atom. The first-order chi connectivity index (χ1) is 7.29. The number of rotatable bonds is 2. The lowest BCUT2D eigenvalue weighted by Crippen LogP contribution is -2.48. The Morgan fingerprint density at radius 3 is 2.60 bits per heavy atom. The number of aromatic nitrogens is 4. The minimum Gasteiger partial charge on any atom is -0.333 e. The molecule has 1 amide bonds. The number of carbonyl (C=O) groups is 2. The smallest absolute Gasteiger partial charge is 0.298 e. The molecule has 1 aliphatic heterocycles. The summed E-state index contributed by atoms with van der Waals surface area (Å²) in [6.07, 6.45) is 0. The van der Waals surface area contributed by atoms with Crippen LogP contribution in [0.3, 0.4) is 0 Å². The molecule has 2 rings (SSSR count). The lowest BCUT2D eigenvalue weighted by Gasteiger charge is -2.26. The summed E-state index contributed by atoms with van der Waals surface area (Å²) in [7, 11) is 0. The molecule has 8 nitrogen and oxygen atoms in total. The van der Waals surface area contributed by atoms with Gasteiger partial charge < -0.3 is 10.2 Å². The van der Waals surface area contributed by atoms with E-state index in [2.05, 4.69) is 25.9 Å². The Bertz CT molecular complexity index is 356. The third-order valence-electron chi connectivity index (χ3n) is 2.15. The van der Waals surface area contributed by atoms with Gasteiger partial charge in [0.1, 0.15) is 0 Å². The van der Waals surface area contributed by atoms with Gasteiger partial charge in [-0.2, -0.15) is 5.21 Å². The number of tetrazole rings is 1. The van der Waals surface area contributed by atoms with Crippen LogP contribution >= 0.6 is 0 Å². The highest BCUT2D eigenvalue weighted by molar-refractivity contribution is 6.41. The molecule has 15 heavy (non-hydrogen) atoms. The second-order valence-corrected chi connectivity index (χ2v) is 3.11. The van der Waals surface area contributed by atoms with Crippen LogP contribution in [0.5, 0.6) is 0 Å². The van der Waals surface area contributed by atoms with Crippen LogP contribution in [-0.2, 0) is 4.79 Å². The molecule has 2 N–H and O–H groups in total. The summed E-state index contributed by atoms with van der Waals surface area (Å²) < 4.78 is 0. The number of nitrogens with one attached hydrogen (secondary N) is 2. The molecule has 0 unspecified atom stereocenters. The number of carbonyl (C=O) groups excluding carboxylic acids is 2. The quantitative estimate of drug-likeness (QED) is 0.424. The van der Waals surface area contributed by atoms with Gasteiger partial charge in [0, 0.05) is 26.2 Å². The Balaban J connectivity index is 2.04. The van der Waals surface area contributed by atoms with Crippen molar-refractivity contribution in [3.63, 3.8) is 0 Å². The maximum absolute atomic E-state index is 11.6. The molecule has 0 aliphatic carbocycles. The Hall–Kier alpha value is -1.83. The van der Waals surface area contributed by atoms with Crippen LogP contribution in [0.1, 0.15) is 10.6 Å². The van der Waals surface area contributed by atoms with Crippen molar-refractivity contribution in [1.82, 2.24) is 30.8 Å². The molecule has 0 aromatic carbocycles. The number of H-pyrrole nitrogens is 1. The maximum atomic E-state index is 11.6. The molecule has 0 atom stereocenters. The molecule has 8 heteroatoms. The second-order valence-electron chi connectivity index (χ2n) is 3.11. The highest BCUT2D eigenvalue weighted by Gasteiger charge is 2.27. The van der Waals surface area contributed by atoms with Crippen LogP contribution in [0.2, 0.25) is 0 Å². The van der Waals surface area contributed by atoms with Crippen molar-refractivity contribution < 1.29 is 9.59 Å². The number of amides is 1. The minimum absolute atomic E-state index is 0.182. The maximum Gasteiger partial charge on any atom is 0.298 e. The highest BCUT2D eigenvalue weighted by Crippen LogP contribution is 1.98. The van der Waals surface area contributed by atoms with Gasteiger partial charge in [0.2, 0.25) is 5.82 Å². The number of Topliss-reactive ketones (excluding diaryl/α,β-unsaturated/α-hetero) is 1. The molecule has 2 heterocycles. The van der Waals surface area contributed by atoms with E-state index in [0.717, 1.165) is 0 Å². The molecule has 1 fully saturated rings. The molecule has 0 saturated carbocycles. The van der Waals surface area contributed by atoms with Crippen molar-refractivity contribution in [3.05, 3.63) is 5.82 Å². The predicted octanol–water partition coefficient (Wildman–Crippen LogP) is -2.19. The highest BCUT2D eigenvalue weighted by atomic mass is 16.2. The van der Waals surface area contributed by atoms with Crippen LogP contribution < -0.4 is 5.32 Å². The van der Waals surface area contributed by atoms with Crippen LogP contribution in [0, 0.1) is 0 Å². The monoisotopic (exact) mass is 210 g/mol. The Morgan fingerprint density at radius 2 is 2.00 bits per heavy atom. The molecular formula is C7H10N6O2. The summed E-state index contributed by atoms with van der Waals surface area (Å²) in [5.41, 5.74) is 0. The standard InChI is InChI=1S/C7H10N6O2/c14-5(6-9-11-12-10-6)7(15)13-3-1-8-2-4-13/h8H,1-4H2,(H,9,10,11,12). The molecule has 0 radical (unpaired) electrons. The average molecular weight is 210 g/mol. The van der Waals surface area contributed by atoms with E-state index in [-0.39, 0.29) is 5.82 Å². The fraction of sp³-hybridized carbons (Fsp3) is 0.571. The summed E-state index contributed by atoms with van der Waals surface area (Å²) in [5, 5.41) is 15.4. The summed E-state index contributed by atoms with van der Waals surface area (Å²) >= 11 is 0. The van der Waals surface area contributed by atoms with E-state index in [1.165, 1.54) is 4.90 Å². The van der Waals surface area contributed by atoms with Gasteiger partial charge >= 0.3 is 0 Å². The van der Waals surface area contributed by atoms with E-state index in [4.69, 9.17) is 0 Å². The van der Waals surface area contributed by atoms with E-state index in [1.807, 2.05) is 0 Å². The van der Waals surface area contributed by atoms with Gasteiger partial charge in [0.15, 0.2) is 0 Å². The lowest BCUT2D eigenvalue weighted by molar-refractivity contribution is -0.127. The normalized spacial score (nSPS) is 16.4. The molecule has 1 saturated heterocycles. The van der Waals surface area contributed by atoms with Crippen molar-refractivity contribution >= 4 is 11.7 Å². The van der Waals surface area contributed by atoms with Crippen molar-refractivity contribution in [1.29, 1.82) is 0 Å². The number of nitrogens with zero attached hydrogens (tertiary/aromatic N) is 4. The molecule has 0 spiro atoms. The van der Waals surface area contributed by atoms with Crippen molar-refractivity contribution in [2.75, 3.05) is 26.2 Å². The molecule has 0 bridgehead atoms. The first kappa shape index (κ1) is 9.71. The van der Waals surface area contributed by atoms with E-state index < -0.39 is 11.7 Å². The second kappa shape index (κ2) is 4.13. The number of hydrogen-bond acceptors (Lipinski definition) is 6. The van der Waals surface area contributed by atoms with Gasteiger partial charge in [0.05, 0.1) is 0 Å². The van der Waals surface area contributed by atoms with Crippen LogP contribution in [0.15, 0.2) is 0 Å². The van der Waals surface area contributed by atoms with Crippen LogP contribution in [0.4, 0.5) is 0 Å². The van der Waals surface area contributed by atoms with Gasteiger partial charge in [-0.15, -0.1) is 10.2 Å². The van der Waals surface area contributed by atoms with E-state index in [9.17, 15) is 9.59 Å². The first-order valence-electron chi connectivity index (χ1n) is 4.57. The van der Waals surface area contributed by atoms with E-state index in [1.54, 1.807) is 0 Å². The summed E-state index contributed by atoms with van der Waals surface area (Å²) in [6.45, 7) is 2.46. The Kier molecular flexibility index (Phi) is 2.68. The van der Waals surface area contributed by atoms with Crippen molar-refractivity contribution in [2.24, 2.45) is 0 Å². The molecule has 80 valence electrons. The zero-order chi connectivity index (χ0) is 10.7. The lowest BCUT2D eigenvalue weighted by atomic mass is 10.3. The number of piperazine rings is 1. The summed E-state index contributed by atoms with van der Waals surface area (Å²) in [5.74, 6) is -1.47. The van der Waals surface area contributed by atoms with Gasteiger partial charge in [-0.25, -0.2) is 0 Å². The van der Waals surface area contributed by atoms with E-state index >= 15 is 0 Å². The first-order valence-corrected chi connectivity index (χ1v) is 4.57. The van der Waals surface area contributed by atoms with Gasteiger partial charge in [-0.3, -0.25) is 9.59 Å². The molecule has 1 aliphatic rings. The molecular weight excluding hydrogens is 200 g/mol. The average Bonchev–Trinajstić information content (AvgIpc) is 2.82. The molecule has 1 aromatic rings. The number of hydrogen-bond donors (Lipinski definition) is 2. The minimum atomic E-state index is -0.717. The fourth-order valence-electron chi connectivity index (χ4n) is 1.37.